The van der Waals surface area contributed by atoms with Gasteiger partial charge in [-0.05, 0) is 0 Å². The van der Waals surface area contributed by atoms with Crippen LogP contribution in [0.3, 0.4) is 0 Å². The molecule has 0 saturated heterocycles. The van der Waals surface area contributed by atoms with Crippen LogP contribution in [0.15, 0.2) is 0 Å². The molecule has 8 heavy (non-hydrogen) atoms. The van der Waals surface area contributed by atoms with E-state index < -0.39 is 0 Å². The van der Waals surface area contributed by atoms with Gasteiger partial charge in [-0.1, -0.05) is 0 Å². The third kappa shape index (κ3) is 6.67. The van der Waals surface area contributed by atoms with Crippen LogP contribution in [-0.2, 0) is 24.1 Å². The Morgan fingerprint density at radius 2 is 1.88 bits per heavy atom. The molecule has 0 aliphatic carbocycles. The molecule has 47 valence electrons. The first-order valence-corrected chi connectivity index (χ1v) is 3.48. The molecule has 0 aliphatic rings. The molecule has 0 aromatic rings. The van der Waals surface area contributed by atoms with E-state index in [4.69, 9.17) is 3.32 Å². The van der Waals surface area contributed by atoms with Crippen LogP contribution in [0.2, 0.25) is 0 Å². The molecule has 0 N–H and O–H groups in total. The van der Waals surface area contributed by atoms with Crippen LogP contribution in [0.4, 0.5) is 0 Å². The van der Waals surface area contributed by atoms with E-state index in [0.717, 1.165) is 13.0 Å². The van der Waals surface area contributed by atoms with Gasteiger partial charge in [-0.15, -0.1) is 0 Å². The maximum absolute atomic E-state index is 4.92. The van der Waals surface area contributed by atoms with Gasteiger partial charge in [0.15, 0.2) is 0 Å². The van der Waals surface area contributed by atoms with Crippen LogP contribution in [0, 0.1) is 5.41 Å². The van der Waals surface area contributed by atoms with Gasteiger partial charge in [-0.25, -0.2) is 0 Å². The predicted molar refractivity (Wildman–Crippen MR) is 30.0 cm³/mol. The summed E-state index contributed by atoms with van der Waals surface area (Å²) in [5.74, 6) is 0. The van der Waals surface area contributed by atoms with Crippen molar-refractivity contribution in [3.05, 3.63) is 0 Å². The Kier molecular flexibility index (Phi) is 3.96. The summed E-state index contributed by atoms with van der Waals surface area (Å²) >= 11 is 1.74. The number of hydrogen-bond donors (Lipinski definition) is 0. The SMILES string of the molecule is CC(C)(C)CC[O][Ti]. The Hall–Kier alpha value is 0.674. The summed E-state index contributed by atoms with van der Waals surface area (Å²) in [6.07, 6.45) is 1.14. The molecule has 1 nitrogen and oxygen atoms in total. The summed E-state index contributed by atoms with van der Waals surface area (Å²) in [6.45, 7) is 7.52. The Balaban J connectivity index is 3.11. The number of rotatable bonds is 2. The van der Waals surface area contributed by atoms with E-state index in [0.29, 0.717) is 5.41 Å². The molecule has 0 atom stereocenters. The molecule has 0 spiro atoms. The van der Waals surface area contributed by atoms with Gasteiger partial charge >= 0.3 is 63.4 Å². The quantitative estimate of drug-likeness (QED) is 0.545. The van der Waals surface area contributed by atoms with E-state index in [2.05, 4.69) is 20.8 Å². The second-order valence-electron chi connectivity index (χ2n) is 3.16. The van der Waals surface area contributed by atoms with E-state index >= 15 is 0 Å². The van der Waals surface area contributed by atoms with Crippen molar-refractivity contribution in [2.24, 2.45) is 5.41 Å². The van der Waals surface area contributed by atoms with E-state index in [1.54, 1.807) is 20.8 Å². The zero-order chi connectivity index (χ0) is 6.62. The van der Waals surface area contributed by atoms with Gasteiger partial charge in [-0.3, -0.25) is 0 Å². The first kappa shape index (κ1) is 8.67. The maximum atomic E-state index is 4.92. The Morgan fingerprint density at radius 1 is 1.38 bits per heavy atom. The molecule has 0 aliphatic heterocycles. The molecule has 0 aromatic heterocycles. The van der Waals surface area contributed by atoms with Crippen molar-refractivity contribution < 1.29 is 24.1 Å². The fourth-order valence-electron chi connectivity index (χ4n) is 0.357. The van der Waals surface area contributed by atoms with Gasteiger partial charge in [0.2, 0.25) is 0 Å². The second kappa shape index (κ2) is 3.65. The van der Waals surface area contributed by atoms with Crippen LogP contribution in [0.1, 0.15) is 27.2 Å². The number of hydrogen-bond acceptors (Lipinski definition) is 1. The standard InChI is InChI=1S/C6H13O.Ti/c1-6(2,3)4-5-7;/h4-5H2,1-3H3;/q-1;+1. The van der Waals surface area contributed by atoms with Crippen molar-refractivity contribution in [3.63, 3.8) is 0 Å². The molecule has 0 bridgehead atoms. The Bertz CT molecular complexity index is 56.0. The molecule has 0 rings (SSSR count). The second-order valence-corrected chi connectivity index (χ2v) is 3.61. The molecule has 0 saturated carbocycles. The molecule has 0 fully saturated rings. The monoisotopic (exact) mass is 149 g/mol. The van der Waals surface area contributed by atoms with Gasteiger partial charge in [-0.2, -0.15) is 0 Å². The average molecular weight is 149 g/mol. The summed E-state index contributed by atoms with van der Waals surface area (Å²) in [5, 5.41) is 0. The van der Waals surface area contributed by atoms with Crippen LogP contribution in [0.5, 0.6) is 0 Å². The third-order valence-corrected chi connectivity index (χ3v) is 1.27. The van der Waals surface area contributed by atoms with Crippen molar-refractivity contribution >= 4 is 0 Å². The summed E-state index contributed by atoms with van der Waals surface area (Å²) < 4.78 is 4.92. The van der Waals surface area contributed by atoms with Crippen LogP contribution < -0.4 is 0 Å². The normalized spacial score (nSPS) is 11.8. The van der Waals surface area contributed by atoms with E-state index in [1.807, 2.05) is 0 Å². The molecule has 0 radical (unpaired) electrons. The van der Waals surface area contributed by atoms with Crippen molar-refractivity contribution in [2.45, 2.75) is 27.2 Å². The molecule has 0 heterocycles. The summed E-state index contributed by atoms with van der Waals surface area (Å²) in [4.78, 5) is 0. The van der Waals surface area contributed by atoms with Crippen molar-refractivity contribution in [1.82, 2.24) is 0 Å². The molecular formula is C6H13OTi. The van der Waals surface area contributed by atoms with Gasteiger partial charge in [0.1, 0.15) is 0 Å². The fourth-order valence-corrected chi connectivity index (χ4v) is 0.517. The molecular weight excluding hydrogens is 136 g/mol. The fraction of sp³-hybridized carbons (Fsp3) is 1.00. The topological polar surface area (TPSA) is 9.23 Å². The zero-order valence-corrected chi connectivity index (χ0v) is 7.38. The summed E-state index contributed by atoms with van der Waals surface area (Å²) in [5.41, 5.74) is 0.427. The van der Waals surface area contributed by atoms with Gasteiger partial charge in [0, 0.05) is 0 Å². The minimum absolute atomic E-state index is 0.427. The molecule has 0 unspecified atom stereocenters. The van der Waals surface area contributed by atoms with E-state index in [9.17, 15) is 0 Å². The first-order chi connectivity index (χ1) is 3.56. The molecule has 2 heteroatoms. The first-order valence-electron chi connectivity index (χ1n) is 2.85. The average Bonchev–Trinajstić information content (AvgIpc) is 1.59. The molecule has 0 amide bonds. The van der Waals surface area contributed by atoms with Crippen molar-refractivity contribution in [1.29, 1.82) is 0 Å². The Labute approximate surface area is 63.7 Å². The van der Waals surface area contributed by atoms with Crippen LogP contribution in [0.25, 0.3) is 0 Å². The van der Waals surface area contributed by atoms with E-state index in [-0.39, 0.29) is 0 Å². The minimum atomic E-state index is 0.427. The van der Waals surface area contributed by atoms with Gasteiger partial charge in [0.25, 0.3) is 0 Å². The Morgan fingerprint density at radius 3 is 2.00 bits per heavy atom. The van der Waals surface area contributed by atoms with Crippen molar-refractivity contribution in [2.75, 3.05) is 6.61 Å². The van der Waals surface area contributed by atoms with Gasteiger partial charge in [0.05, 0.1) is 0 Å². The zero-order valence-electron chi connectivity index (χ0n) is 5.82. The molecule has 0 aromatic carbocycles. The van der Waals surface area contributed by atoms with E-state index in [1.165, 1.54) is 0 Å². The van der Waals surface area contributed by atoms with Crippen molar-refractivity contribution in [3.8, 4) is 0 Å². The van der Waals surface area contributed by atoms with Gasteiger partial charge < -0.3 is 0 Å². The summed E-state index contributed by atoms with van der Waals surface area (Å²) in [6, 6.07) is 0. The van der Waals surface area contributed by atoms with Crippen LogP contribution >= 0.6 is 0 Å². The van der Waals surface area contributed by atoms with Crippen LogP contribution in [-0.4, -0.2) is 6.61 Å². The third-order valence-electron chi connectivity index (χ3n) is 0.954. The summed E-state index contributed by atoms with van der Waals surface area (Å²) in [7, 11) is 0. The predicted octanol–water partition coefficient (Wildman–Crippen LogP) is 1.90.